The number of pyridine rings is 2. The van der Waals surface area contributed by atoms with Gasteiger partial charge in [0.2, 0.25) is 0 Å². The van der Waals surface area contributed by atoms with Gasteiger partial charge in [-0.15, -0.1) is 11.3 Å². The second-order valence-corrected chi connectivity index (χ2v) is 5.15. The Morgan fingerprint density at radius 2 is 2.00 bits per heavy atom. The highest BCUT2D eigenvalue weighted by atomic mass is 32.1. The van der Waals surface area contributed by atoms with Gasteiger partial charge in [-0.3, -0.25) is 9.97 Å². The molecule has 0 aliphatic carbocycles. The summed E-state index contributed by atoms with van der Waals surface area (Å²) in [6.07, 6.45) is 6.95. The zero-order valence-electron chi connectivity index (χ0n) is 10.3. The molecule has 0 amide bonds. The van der Waals surface area contributed by atoms with E-state index in [1.165, 1.54) is 0 Å². The Kier molecular flexibility index (Phi) is 3.20. The number of thiazole rings is 1. The molecule has 0 saturated carbocycles. The SMILES string of the molecule is Cc1ncc(-c2cc(Oc3cccnc3)ccn2)s1. The lowest BCUT2D eigenvalue weighted by molar-refractivity contribution is 0.480. The van der Waals surface area contributed by atoms with Gasteiger partial charge < -0.3 is 4.74 Å². The minimum atomic E-state index is 0.708. The van der Waals surface area contributed by atoms with E-state index in [0.717, 1.165) is 21.3 Å². The summed E-state index contributed by atoms with van der Waals surface area (Å²) >= 11 is 1.61. The lowest BCUT2D eigenvalue weighted by Gasteiger charge is -2.05. The van der Waals surface area contributed by atoms with Crippen LogP contribution in [0.1, 0.15) is 5.01 Å². The van der Waals surface area contributed by atoms with Gasteiger partial charge in [0, 0.05) is 24.7 Å². The highest BCUT2D eigenvalue weighted by Gasteiger charge is 2.05. The molecule has 0 spiro atoms. The molecule has 0 bridgehead atoms. The molecule has 0 saturated heterocycles. The van der Waals surface area contributed by atoms with Crippen LogP contribution >= 0.6 is 11.3 Å². The van der Waals surface area contributed by atoms with Gasteiger partial charge in [-0.05, 0) is 25.1 Å². The molecule has 0 atom stereocenters. The Bertz CT molecular complexity index is 682. The van der Waals surface area contributed by atoms with Crippen LogP contribution in [0.5, 0.6) is 11.5 Å². The van der Waals surface area contributed by atoms with Crippen molar-refractivity contribution in [3.63, 3.8) is 0 Å². The van der Waals surface area contributed by atoms with Gasteiger partial charge in [0.25, 0.3) is 0 Å². The van der Waals surface area contributed by atoms with Gasteiger partial charge in [0.1, 0.15) is 11.5 Å². The molecule has 3 aromatic rings. The van der Waals surface area contributed by atoms with E-state index in [1.807, 2.05) is 37.4 Å². The fraction of sp³-hybridized carbons (Fsp3) is 0.0714. The lowest BCUT2D eigenvalue weighted by Crippen LogP contribution is -1.87. The fourth-order valence-corrected chi connectivity index (χ4v) is 2.38. The molecule has 0 aliphatic rings. The van der Waals surface area contributed by atoms with Crippen molar-refractivity contribution in [3.05, 3.63) is 54.1 Å². The molecule has 5 heteroatoms. The van der Waals surface area contributed by atoms with Crippen LogP contribution in [0.4, 0.5) is 0 Å². The summed E-state index contributed by atoms with van der Waals surface area (Å²) in [5.41, 5.74) is 0.868. The summed E-state index contributed by atoms with van der Waals surface area (Å²) in [4.78, 5) is 13.6. The standard InChI is InChI=1S/C14H11N3OS/c1-10-17-9-14(19-10)13-7-11(4-6-16-13)18-12-3-2-5-15-8-12/h2-9H,1H3. The first-order valence-corrected chi connectivity index (χ1v) is 6.60. The molecule has 94 valence electrons. The molecule has 3 heterocycles. The van der Waals surface area contributed by atoms with Crippen LogP contribution in [0.3, 0.4) is 0 Å². The maximum atomic E-state index is 5.73. The van der Waals surface area contributed by atoms with Crippen LogP contribution < -0.4 is 4.74 Å². The third-order valence-corrected chi connectivity index (χ3v) is 3.41. The predicted octanol–water partition coefficient (Wildman–Crippen LogP) is 3.70. The second kappa shape index (κ2) is 5.16. The summed E-state index contributed by atoms with van der Waals surface area (Å²) in [7, 11) is 0. The quantitative estimate of drug-likeness (QED) is 0.727. The van der Waals surface area contributed by atoms with Crippen molar-refractivity contribution in [2.45, 2.75) is 6.92 Å². The van der Waals surface area contributed by atoms with E-state index >= 15 is 0 Å². The van der Waals surface area contributed by atoms with Crippen molar-refractivity contribution in [2.75, 3.05) is 0 Å². The van der Waals surface area contributed by atoms with Crippen molar-refractivity contribution in [3.8, 4) is 22.1 Å². The number of hydrogen-bond donors (Lipinski definition) is 0. The van der Waals surface area contributed by atoms with Crippen LogP contribution in [-0.4, -0.2) is 15.0 Å². The van der Waals surface area contributed by atoms with Gasteiger partial charge in [-0.25, -0.2) is 4.98 Å². The van der Waals surface area contributed by atoms with Crippen LogP contribution in [0.15, 0.2) is 49.1 Å². The van der Waals surface area contributed by atoms with E-state index in [1.54, 1.807) is 29.9 Å². The van der Waals surface area contributed by atoms with Gasteiger partial charge >= 0.3 is 0 Å². The highest BCUT2D eigenvalue weighted by Crippen LogP contribution is 2.28. The van der Waals surface area contributed by atoms with Crippen LogP contribution in [0.2, 0.25) is 0 Å². The van der Waals surface area contributed by atoms with Crippen LogP contribution in [0.25, 0.3) is 10.6 Å². The van der Waals surface area contributed by atoms with Crippen molar-refractivity contribution in [1.82, 2.24) is 15.0 Å². The van der Waals surface area contributed by atoms with Crippen LogP contribution in [-0.2, 0) is 0 Å². The molecule has 0 unspecified atom stereocenters. The van der Waals surface area contributed by atoms with Crippen molar-refractivity contribution in [1.29, 1.82) is 0 Å². The van der Waals surface area contributed by atoms with Gasteiger partial charge in [0.15, 0.2) is 0 Å². The Hall–Kier alpha value is -2.27. The predicted molar refractivity (Wildman–Crippen MR) is 74.4 cm³/mol. The van der Waals surface area contributed by atoms with Gasteiger partial charge in [-0.1, -0.05) is 0 Å². The molecule has 0 radical (unpaired) electrons. The summed E-state index contributed by atoms with van der Waals surface area (Å²) in [5.74, 6) is 1.45. The Morgan fingerprint density at radius 1 is 1.05 bits per heavy atom. The molecule has 3 rings (SSSR count). The first-order valence-electron chi connectivity index (χ1n) is 5.78. The minimum absolute atomic E-state index is 0.708. The Morgan fingerprint density at radius 3 is 2.74 bits per heavy atom. The zero-order chi connectivity index (χ0) is 13.1. The smallest absolute Gasteiger partial charge is 0.145 e. The molecular formula is C14H11N3OS. The van der Waals surface area contributed by atoms with Crippen LogP contribution in [0, 0.1) is 6.92 Å². The average Bonchev–Trinajstić information content (AvgIpc) is 2.87. The number of aryl methyl sites for hydroxylation is 1. The maximum Gasteiger partial charge on any atom is 0.145 e. The topological polar surface area (TPSA) is 47.9 Å². The fourth-order valence-electron chi connectivity index (χ4n) is 1.63. The van der Waals surface area contributed by atoms with Gasteiger partial charge in [0.05, 0.1) is 21.8 Å². The number of rotatable bonds is 3. The molecular weight excluding hydrogens is 258 g/mol. The molecule has 0 aromatic carbocycles. The van der Waals surface area contributed by atoms with Crippen molar-refractivity contribution < 1.29 is 4.74 Å². The monoisotopic (exact) mass is 269 g/mol. The summed E-state index contributed by atoms with van der Waals surface area (Å²) < 4.78 is 5.73. The molecule has 4 nitrogen and oxygen atoms in total. The van der Waals surface area contributed by atoms with Crippen molar-refractivity contribution in [2.24, 2.45) is 0 Å². The lowest BCUT2D eigenvalue weighted by atomic mass is 10.3. The molecule has 19 heavy (non-hydrogen) atoms. The van der Waals surface area contributed by atoms with Crippen molar-refractivity contribution >= 4 is 11.3 Å². The first-order chi connectivity index (χ1) is 9.31. The molecule has 0 fully saturated rings. The van der Waals surface area contributed by atoms with E-state index < -0.39 is 0 Å². The summed E-state index contributed by atoms with van der Waals surface area (Å²) in [6, 6.07) is 7.43. The first kappa shape index (κ1) is 11.8. The number of aromatic nitrogens is 3. The highest BCUT2D eigenvalue weighted by molar-refractivity contribution is 7.15. The van der Waals surface area contributed by atoms with E-state index in [0.29, 0.717) is 5.75 Å². The van der Waals surface area contributed by atoms with E-state index in [2.05, 4.69) is 15.0 Å². The van der Waals surface area contributed by atoms with E-state index in [-0.39, 0.29) is 0 Å². The Labute approximate surface area is 114 Å². The third-order valence-electron chi connectivity index (χ3n) is 2.48. The third kappa shape index (κ3) is 2.77. The summed E-state index contributed by atoms with van der Waals surface area (Å²) in [6.45, 7) is 1.98. The minimum Gasteiger partial charge on any atom is -0.456 e. The summed E-state index contributed by atoms with van der Waals surface area (Å²) in [5, 5.41) is 1.02. The van der Waals surface area contributed by atoms with E-state index in [9.17, 15) is 0 Å². The van der Waals surface area contributed by atoms with E-state index in [4.69, 9.17) is 4.74 Å². The number of nitrogens with zero attached hydrogens (tertiary/aromatic N) is 3. The molecule has 0 aliphatic heterocycles. The van der Waals surface area contributed by atoms with Gasteiger partial charge in [-0.2, -0.15) is 0 Å². The average molecular weight is 269 g/mol. The number of ether oxygens (including phenoxy) is 1. The second-order valence-electron chi connectivity index (χ2n) is 3.91. The Balaban J connectivity index is 1.88. The zero-order valence-corrected chi connectivity index (χ0v) is 11.1. The normalized spacial score (nSPS) is 10.4. The molecule has 0 N–H and O–H groups in total. The maximum absolute atomic E-state index is 5.73. The molecule has 3 aromatic heterocycles. The number of hydrogen-bond acceptors (Lipinski definition) is 5. The largest absolute Gasteiger partial charge is 0.456 e.